The van der Waals surface area contributed by atoms with Gasteiger partial charge < -0.3 is 33.2 Å². The Labute approximate surface area is 268 Å². The molecule has 3 fully saturated rings. The van der Waals surface area contributed by atoms with Crippen LogP contribution in [0.15, 0.2) is 11.6 Å². The molecule has 0 aromatic carbocycles. The van der Waals surface area contributed by atoms with Crippen LogP contribution in [0, 0.1) is 23.2 Å². The molecule has 2 heterocycles. The van der Waals surface area contributed by atoms with Crippen LogP contribution in [-0.2, 0) is 61.9 Å². The van der Waals surface area contributed by atoms with Crippen LogP contribution in [0.3, 0.4) is 0 Å². The Bertz CT molecular complexity index is 1320. The number of carbonyl (C=O) groups excluding carboxylic acids is 6. The van der Waals surface area contributed by atoms with E-state index in [0.717, 1.165) is 0 Å². The molecule has 0 N–H and O–H groups in total. The molecule has 1 spiro atoms. The van der Waals surface area contributed by atoms with E-state index in [2.05, 4.69) is 0 Å². The van der Waals surface area contributed by atoms with Gasteiger partial charge in [0.1, 0.15) is 30.5 Å². The lowest BCUT2D eigenvalue weighted by Gasteiger charge is -2.57. The van der Waals surface area contributed by atoms with Gasteiger partial charge in [0.25, 0.3) is 0 Å². The molecule has 46 heavy (non-hydrogen) atoms. The van der Waals surface area contributed by atoms with E-state index < -0.39 is 101 Å². The van der Waals surface area contributed by atoms with Crippen molar-refractivity contribution in [2.75, 3.05) is 0 Å². The SMILES string of the molecule is CC(=O)OC1CC(C)=CC2OC(=O)C3(C)OC23C(OC(C)=O)C2C(C)C(OC(=O)CC(C)C)CC(OC(C)=O)C2(C)C1OC(C)=O. The van der Waals surface area contributed by atoms with Gasteiger partial charge in [0.05, 0.1) is 5.41 Å². The van der Waals surface area contributed by atoms with Crippen LogP contribution in [0.4, 0.5) is 0 Å². The number of ether oxygens (including phenoxy) is 7. The number of hydrogen-bond acceptors (Lipinski definition) is 13. The summed E-state index contributed by atoms with van der Waals surface area (Å²) in [5, 5.41) is 0. The Hall–Kier alpha value is -3.48. The zero-order valence-corrected chi connectivity index (χ0v) is 28.2. The first-order valence-corrected chi connectivity index (χ1v) is 15.7. The summed E-state index contributed by atoms with van der Waals surface area (Å²) >= 11 is 0. The molecular weight excluding hydrogens is 604 g/mol. The van der Waals surface area contributed by atoms with Gasteiger partial charge in [0.2, 0.25) is 0 Å². The fraction of sp³-hybridized carbons (Fsp3) is 0.758. The first kappa shape index (κ1) is 35.4. The first-order valence-electron chi connectivity index (χ1n) is 15.7. The Morgan fingerprint density at radius 3 is 1.96 bits per heavy atom. The summed E-state index contributed by atoms with van der Waals surface area (Å²) < 4.78 is 42.0. The van der Waals surface area contributed by atoms with Crippen molar-refractivity contribution in [1.82, 2.24) is 0 Å². The van der Waals surface area contributed by atoms with Crippen molar-refractivity contribution in [3.05, 3.63) is 11.6 Å². The van der Waals surface area contributed by atoms with Crippen LogP contribution in [0.2, 0.25) is 0 Å². The van der Waals surface area contributed by atoms with Crippen molar-refractivity contribution in [1.29, 1.82) is 0 Å². The van der Waals surface area contributed by atoms with E-state index in [1.165, 1.54) is 27.7 Å². The quantitative estimate of drug-likeness (QED) is 0.171. The molecule has 0 radical (unpaired) electrons. The Morgan fingerprint density at radius 1 is 0.870 bits per heavy atom. The maximum Gasteiger partial charge on any atom is 0.342 e. The fourth-order valence-electron chi connectivity index (χ4n) is 8.01. The maximum atomic E-state index is 13.3. The average molecular weight is 651 g/mol. The van der Waals surface area contributed by atoms with E-state index >= 15 is 0 Å². The molecule has 13 heteroatoms. The zero-order valence-electron chi connectivity index (χ0n) is 28.2. The Kier molecular flexibility index (Phi) is 9.70. The number of fused-ring (bicyclic) bond motifs is 1. The lowest BCUT2D eigenvalue weighted by molar-refractivity contribution is -0.248. The second kappa shape index (κ2) is 12.6. The third kappa shape index (κ3) is 6.14. The van der Waals surface area contributed by atoms with E-state index in [4.69, 9.17) is 33.2 Å². The zero-order chi connectivity index (χ0) is 34.5. The highest BCUT2D eigenvalue weighted by Gasteiger charge is 2.87. The standard InChI is InChI=1S/C33H46O13/c1-15(2)11-26(38)44-22-14-24(41-19(6)35)31(9)27(17(22)4)29(43-21(8)37)33-25(45-30(39)32(33,10)46-33)13-16(3)12-23(40-18(5)34)28(31)42-20(7)36/h13,15,17,22-25,27-29H,11-12,14H2,1-10H3. The van der Waals surface area contributed by atoms with Crippen molar-refractivity contribution < 1.29 is 61.9 Å². The van der Waals surface area contributed by atoms with E-state index in [0.29, 0.717) is 5.57 Å². The van der Waals surface area contributed by atoms with Crippen molar-refractivity contribution in [2.24, 2.45) is 23.2 Å². The lowest BCUT2D eigenvalue weighted by atomic mass is 9.52. The minimum absolute atomic E-state index is 0.00175. The van der Waals surface area contributed by atoms with Gasteiger partial charge in [0.15, 0.2) is 17.3 Å². The van der Waals surface area contributed by atoms with Gasteiger partial charge in [0, 0.05) is 58.8 Å². The van der Waals surface area contributed by atoms with Crippen LogP contribution in [0.25, 0.3) is 0 Å². The van der Waals surface area contributed by atoms with Gasteiger partial charge in [-0.15, -0.1) is 0 Å². The molecule has 11 unspecified atom stereocenters. The highest BCUT2D eigenvalue weighted by atomic mass is 16.7. The Morgan fingerprint density at radius 2 is 1.43 bits per heavy atom. The predicted octanol–water partition coefficient (Wildman–Crippen LogP) is 3.14. The van der Waals surface area contributed by atoms with E-state index in [1.54, 1.807) is 33.8 Å². The van der Waals surface area contributed by atoms with E-state index in [1.807, 2.05) is 13.8 Å². The normalized spacial score (nSPS) is 39.7. The number of esters is 6. The first-order chi connectivity index (χ1) is 21.3. The minimum Gasteiger partial charge on any atom is -0.462 e. The third-order valence-corrected chi connectivity index (χ3v) is 9.86. The molecule has 13 nitrogen and oxygen atoms in total. The molecule has 0 aromatic rings. The minimum atomic E-state index is -1.53. The summed E-state index contributed by atoms with van der Waals surface area (Å²) in [5.74, 6) is -5.52. The predicted molar refractivity (Wildman–Crippen MR) is 157 cm³/mol. The lowest BCUT2D eigenvalue weighted by Crippen LogP contribution is -2.68. The van der Waals surface area contributed by atoms with Gasteiger partial charge in [-0.1, -0.05) is 33.3 Å². The smallest absolute Gasteiger partial charge is 0.342 e. The van der Waals surface area contributed by atoms with Crippen LogP contribution < -0.4 is 0 Å². The molecule has 2 aliphatic carbocycles. The monoisotopic (exact) mass is 650 g/mol. The van der Waals surface area contributed by atoms with Crippen molar-refractivity contribution in [3.8, 4) is 0 Å². The average Bonchev–Trinajstić information content (AvgIpc) is 3.48. The second-order valence-corrected chi connectivity index (χ2v) is 13.9. The molecule has 2 saturated heterocycles. The molecule has 256 valence electrons. The van der Waals surface area contributed by atoms with Crippen LogP contribution >= 0.6 is 0 Å². The molecule has 0 aromatic heterocycles. The molecule has 0 bridgehead atoms. The van der Waals surface area contributed by atoms with E-state index in [9.17, 15) is 28.8 Å². The summed E-state index contributed by atoms with van der Waals surface area (Å²) in [5.41, 5.74) is -3.92. The summed E-state index contributed by atoms with van der Waals surface area (Å²) in [4.78, 5) is 77.3. The summed E-state index contributed by atoms with van der Waals surface area (Å²) in [6.07, 6.45) is -4.84. The second-order valence-electron chi connectivity index (χ2n) is 13.9. The van der Waals surface area contributed by atoms with Gasteiger partial charge in [-0.05, 0) is 25.8 Å². The van der Waals surface area contributed by atoms with Crippen molar-refractivity contribution in [3.63, 3.8) is 0 Å². The van der Waals surface area contributed by atoms with Crippen molar-refractivity contribution in [2.45, 2.75) is 136 Å². The number of epoxide rings is 1. The van der Waals surface area contributed by atoms with Gasteiger partial charge in [-0.25, -0.2) is 4.79 Å². The molecule has 11 atom stereocenters. The summed E-state index contributed by atoms with van der Waals surface area (Å²) in [7, 11) is 0. The highest BCUT2D eigenvalue weighted by Crippen LogP contribution is 2.66. The van der Waals surface area contributed by atoms with E-state index in [-0.39, 0.29) is 25.2 Å². The molecule has 2 aliphatic heterocycles. The number of carbonyl (C=O) groups is 6. The summed E-state index contributed by atoms with van der Waals surface area (Å²) in [6.45, 7) is 15.4. The van der Waals surface area contributed by atoms with Crippen LogP contribution in [-0.4, -0.2) is 83.6 Å². The molecule has 1 saturated carbocycles. The van der Waals surface area contributed by atoms with Gasteiger partial charge in [-0.2, -0.15) is 0 Å². The van der Waals surface area contributed by atoms with Crippen molar-refractivity contribution >= 4 is 35.8 Å². The fourth-order valence-corrected chi connectivity index (χ4v) is 8.01. The van der Waals surface area contributed by atoms with Gasteiger partial charge >= 0.3 is 35.8 Å². The van der Waals surface area contributed by atoms with Crippen LogP contribution in [0.1, 0.15) is 88.5 Å². The molecule has 4 rings (SSSR count). The topological polar surface area (TPSA) is 170 Å². The molecule has 4 aliphatic rings. The number of hydrogen-bond donors (Lipinski definition) is 0. The highest BCUT2D eigenvalue weighted by molar-refractivity contribution is 5.89. The number of rotatable bonds is 7. The molecular formula is C33H46O13. The largest absolute Gasteiger partial charge is 0.462 e. The summed E-state index contributed by atoms with van der Waals surface area (Å²) in [6, 6.07) is 0. The van der Waals surface area contributed by atoms with Gasteiger partial charge in [-0.3, -0.25) is 24.0 Å². The molecule has 0 amide bonds. The maximum absolute atomic E-state index is 13.3. The third-order valence-electron chi connectivity index (χ3n) is 9.86. The Balaban J connectivity index is 2.05. The van der Waals surface area contributed by atoms with Crippen LogP contribution in [0.5, 0.6) is 0 Å².